The number of hydrogen-bond donors (Lipinski definition) is 0. The van der Waals surface area contributed by atoms with Gasteiger partial charge < -0.3 is 9.30 Å². The highest BCUT2D eigenvalue weighted by atomic mass is 32.2. The quantitative estimate of drug-likeness (QED) is 0.343. The van der Waals surface area contributed by atoms with Gasteiger partial charge in [0.15, 0.2) is 4.80 Å². The molecule has 190 valence electrons. The van der Waals surface area contributed by atoms with Crippen LogP contribution in [-0.4, -0.2) is 48.9 Å². The molecule has 1 aliphatic heterocycles. The van der Waals surface area contributed by atoms with Gasteiger partial charge in [0, 0.05) is 25.6 Å². The maximum atomic E-state index is 13.1. The van der Waals surface area contributed by atoms with Gasteiger partial charge in [0.1, 0.15) is 0 Å². The number of aromatic nitrogens is 1. The summed E-state index contributed by atoms with van der Waals surface area (Å²) in [7, 11) is -3.59. The summed E-state index contributed by atoms with van der Waals surface area (Å²) in [4.78, 5) is 30.4. The molecule has 36 heavy (non-hydrogen) atoms. The van der Waals surface area contributed by atoms with Crippen molar-refractivity contribution < 1.29 is 22.7 Å². The average Bonchev–Trinajstić information content (AvgIpc) is 3.20. The van der Waals surface area contributed by atoms with Crippen LogP contribution in [0.1, 0.15) is 35.7 Å². The van der Waals surface area contributed by atoms with Crippen LogP contribution in [0.4, 0.5) is 0 Å². The second-order valence-corrected chi connectivity index (χ2v) is 11.6. The maximum Gasteiger partial charge on any atom is 0.338 e. The molecular formula is C26H29N3O5S2. The zero-order valence-corrected chi connectivity index (χ0v) is 22.0. The molecule has 0 unspecified atom stereocenters. The number of esters is 1. The third-order valence-corrected chi connectivity index (χ3v) is 9.13. The highest BCUT2D eigenvalue weighted by Gasteiger charge is 2.32. The van der Waals surface area contributed by atoms with Crippen molar-refractivity contribution in [3.63, 3.8) is 0 Å². The normalized spacial score (nSPS) is 15.8. The molecule has 0 spiro atoms. The number of piperidine rings is 1. The zero-order valence-electron chi connectivity index (χ0n) is 20.3. The molecule has 3 aromatic rings. The molecule has 1 aromatic heterocycles. The number of allylic oxidation sites excluding steroid dienone is 1. The molecule has 0 radical (unpaired) electrons. The van der Waals surface area contributed by atoms with E-state index < -0.39 is 16.0 Å². The number of hydrogen-bond acceptors (Lipinski definition) is 6. The highest BCUT2D eigenvalue weighted by Crippen LogP contribution is 2.25. The monoisotopic (exact) mass is 527 g/mol. The molecule has 2 aromatic carbocycles. The van der Waals surface area contributed by atoms with E-state index in [1.165, 1.54) is 15.6 Å². The number of sulfonamides is 1. The van der Waals surface area contributed by atoms with Gasteiger partial charge in [-0.15, -0.1) is 6.58 Å². The molecule has 0 N–H and O–H groups in total. The maximum absolute atomic E-state index is 13.1. The fourth-order valence-electron chi connectivity index (χ4n) is 4.19. The van der Waals surface area contributed by atoms with Crippen LogP contribution < -0.4 is 4.80 Å². The number of amides is 1. The minimum absolute atomic E-state index is 0.264. The van der Waals surface area contributed by atoms with E-state index in [-0.39, 0.29) is 36.4 Å². The van der Waals surface area contributed by atoms with Crippen LogP contribution in [0, 0.1) is 12.8 Å². The Bertz CT molecular complexity index is 1460. The second kappa shape index (κ2) is 10.9. The largest absolute Gasteiger partial charge is 0.462 e. The first-order chi connectivity index (χ1) is 17.2. The molecule has 1 saturated heterocycles. The van der Waals surface area contributed by atoms with E-state index in [0.29, 0.717) is 29.8 Å². The molecule has 8 nitrogen and oxygen atoms in total. The van der Waals surface area contributed by atoms with E-state index in [1.807, 2.05) is 17.6 Å². The fourth-order valence-corrected chi connectivity index (χ4v) is 6.75. The predicted octanol–water partition coefficient (Wildman–Crippen LogP) is 3.90. The molecule has 1 aliphatic rings. The van der Waals surface area contributed by atoms with Gasteiger partial charge in [-0.05, 0) is 57.0 Å². The van der Waals surface area contributed by atoms with Crippen molar-refractivity contribution in [3.05, 3.63) is 71.0 Å². The average molecular weight is 528 g/mol. The van der Waals surface area contributed by atoms with Crippen LogP contribution in [0.3, 0.4) is 0 Å². The third-order valence-electron chi connectivity index (χ3n) is 6.17. The Morgan fingerprint density at radius 2 is 1.86 bits per heavy atom. The Morgan fingerprint density at radius 3 is 2.50 bits per heavy atom. The summed E-state index contributed by atoms with van der Waals surface area (Å²) in [6.45, 7) is 8.75. The van der Waals surface area contributed by atoms with Gasteiger partial charge in [0.2, 0.25) is 10.0 Å². The number of fused-ring (bicyclic) bond motifs is 1. The van der Waals surface area contributed by atoms with Gasteiger partial charge >= 0.3 is 5.97 Å². The van der Waals surface area contributed by atoms with E-state index >= 15 is 0 Å². The van der Waals surface area contributed by atoms with Gasteiger partial charge in [0.25, 0.3) is 5.91 Å². The Hall–Kier alpha value is -3.08. The molecule has 2 heterocycles. The van der Waals surface area contributed by atoms with Gasteiger partial charge in [-0.25, -0.2) is 13.2 Å². The summed E-state index contributed by atoms with van der Waals surface area (Å²) in [5, 5.41) is 0. The van der Waals surface area contributed by atoms with E-state index in [2.05, 4.69) is 11.6 Å². The Balaban J connectivity index is 1.54. The third kappa shape index (κ3) is 5.35. The highest BCUT2D eigenvalue weighted by molar-refractivity contribution is 7.89. The van der Waals surface area contributed by atoms with Crippen molar-refractivity contribution in [2.75, 3.05) is 19.7 Å². The predicted molar refractivity (Wildman–Crippen MR) is 139 cm³/mol. The number of nitrogens with zero attached hydrogens (tertiary/aromatic N) is 3. The van der Waals surface area contributed by atoms with Crippen molar-refractivity contribution in [2.45, 2.75) is 38.1 Å². The minimum atomic E-state index is -3.59. The first-order valence-electron chi connectivity index (χ1n) is 11.8. The lowest BCUT2D eigenvalue weighted by Crippen LogP contribution is -2.40. The summed E-state index contributed by atoms with van der Waals surface area (Å²) in [5.74, 6) is -1.02. The number of carbonyl (C=O) groups is 2. The summed E-state index contributed by atoms with van der Waals surface area (Å²) >= 11 is 1.32. The summed E-state index contributed by atoms with van der Waals surface area (Å²) in [5.41, 5.74) is 2.28. The van der Waals surface area contributed by atoms with Crippen LogP contribution in [-0.2, 0) is 26.1 Å². The molecule has 4 rings (SSSR count). The number of rotatable bonds is 7. The van der Waals surface area contributed by atoms with Crippen LogP contribution in [0.25, 0.3) is 10.2 Å². The van der Waals surface area contributed by atoms with Crippen molar-refractivity contribution in [3.8, 4) is 0 Å². The number of benzene rings is 2. The van der Waals surface area contributed by atoms with Crippen LogP contribution >= 0.6 is 11.3 Å². The lowest BCUT2D eigenvalue weighted by molar-refractivity contribution is -0.122. The molecule has 0 atom stereocenters. The molecule has 0 saturated carbocycles. The van der Waals surface area contributed by atoms with Gasteiger partial charge in [-0.2, -0.15) is 9.30 Å². The Kier molecular flexibility index (Phi) is 7.87. The van der Waals surface area contributed by atoms with Crippen LogP contribution in [0.2, 0.25) is 0 Å². The standard InChI is InChI=1S/C26H29N3O5S2/c1-4-14-29-22-11-8-20(25(31)34-5-2)17-23(22)35-26(29)27-24(30)19-12-15-28(16-13-19)36(32,33)21-9-6-18(3)7-10-21/h4,6-11,17,19H,1,5,12-16H2,2-3H3. The van der Waals surface area contributed by atoms with Crippen LogP contribution in [0.15, 0.2) is 65.0 Å². The molecular weight excluding hydrogens is 498 g/mol. The molecule has 0 bridgehead atoms. The van der Waals surface area contributed by atoms with Crippen molar-refractivity contribution in [1.29, 1.82) is 0 Å². The van der Waals surface area contributed by atoms with E-state index in [0.717, 1.165) is 15.8 Å². The fraction of sp³-hybridized carbons (Fsp3) is 0.346. The number of thiazole rings is 1. The van der Waals surface area contributed by atoms with Crippen LogP contribution in [0.5, 0.6) is 0 Å². The molecule has 1 amide bonds. The van der Waals surface area contributed by atoms with Gasteiger partial charge in [-0.1, -0.05) is 35.1 Å². The first kappa shape index (κ1) is 26.0. The van der Waals surface area contributed by atoms with E-state index in [9.17, 15) is 18.0 Å². The van der Waals surface area contributed by atoms with Crippen molar-refractivity contribution in [1.82, 2.24) is 8.87 Å². The smallest absolute Gasteiger partial charge is 0.338 e. The van der Waals surface area contributed by atoms with Crippen molar-refractivity contribution in [2.24, 2.45) is 10.9 Å². The molecule has 10 heteroatoms. The minimum Gasteiger partial charge on any atom is -0.462 e. The Morgan fingerprint density at radius 1 is 1.17 bits per heavy atom. The molecule has 1 fully saturated rings. The van der Waals surface area contributed by atoms with Gasteiger partial charge in [-0.3, -0.25) is 4.79 Å². The summed E-state index contributed by atoms with van der Waals surface area (Å²) < 4.78 is 35.2. The summed E-state index contributed by atoms with van der Waals surface area (Å²) in [6.07, 6.45) is 2.54. The zero-order chi connectivity index (χ0) is 25.9. The SMILES string of the molecule is C=CCn1c(=NC(=O)C2CCN(S(=O)(=O)c3ccc(C)cc3)CC2)sc2cc(C(=O)OCC)ccc21. The second-order valence-electron chi connectivity index (χ2n) is 8.63. The number of carbonyl (C=O) groups excluding carboxylic acids is 2. The summed E-state index contributed by atoms with van der Waals surface area (Å²) in [6, 6.07) is 12.1. The first-order valence-corrected chi connectivity index (χ1v) is 14.1. The lowest BCUT2D eigenvalue weighted by Gasteiger charge is -2.29. The lowest BCUT2D eigenvalue weighted by atomic mass is 9.98. The Labute approximate surface area is 214 Å². The number of aryl methyl sites for hydroxylation is 1. The van der Waals surface area contributed by atoms with E-state index in [1.54, 1.807) is 49.4 Å². The van der Waals surface area contributed by atoms with E-state index in [4.69, 9.17) is 4.74 Å². The molecule has 0 aliphatic carbocycles. The number of ether oxygens (including phenoxy) is 1. The topological polar surface area (TPSA) is 98.0 Å². The van der Waals surface area contributed by atoms with Crippen molar-refractivity contribution >= 4 is 43.5 Å². The van der Waals surface area contributed by atoms with Gasteiger partial charge in [0.05, 0.1) is 27.3 Å².